The lowest BCUT2D eigenvalue weighted by atomic mass is 10.0. The minimum Gasteiger partial charge on any atom is -0.334 e. The summed E-state index contributed by atoms with van der Waals surface area (Å²) < 4.78 is 0. The molecule has 4 nitrogen and oxygen atoms in total. The van der Waals surface area contributed by atoms with Crippen LogP contribution in [0.3, 0.4) is 0 Å². The van der Waals surface area contributed by atoms with Crippen molar-refractivity contribution in [1.82, 2.24) is 16.0 Å². The quantitative estimate of drug-likeness (QED) is 0.613. The SMILES string of the molecule is CC1CCC(NC(=O)NC(C)(C)C)CN1. The van der Waals surface area contributed by atoms with E-state index in [-0.39, 0.29) is 17.6 Å². The van der Waals surface area contributed by atoms with E-state index in [1.165, 1.54) is 0 Å². The van der Waals surface area contributed by atoms with Gasteiger partial charge in [0.2, 0.25) is 0 Å². The van der Waals surface area contributed by atoms with Crippen LogP contribution in [-0.4, -0.2) is 30.2 Å². The molecule has 0 aromatic heterocycles. The predicted molar refractivity (Wildman–Crippen MR) is 61.9 cm³/mol. The van der Waals surface area contributed by atoms with Crippen LogP contribution in [0, 0.1) is 0 Å². The number of amides is 2. The van der Waals surface area contributed by atoms with Crippen molar-refractivity contribution >= 4 is 6.03 Å². The molecule has 1 rings (SSSR count). The number of hydrogen-bond donors (Lipinski definition) is 3. The van der Waals surface area contributed by atoms with Crippen LogP contribution in [0.2, 0.25) is 0 Å². The second-order valence-electron chi connectivity index (χ2n) is 5.43. The lowest BCUT2D eigenvalue weighted by Crippen LogP contribution is -2.54. The van der Waals surface area contributed by atoms with E-state index in [1.807, 2.05) is 20.8 Å². The number of carbonyl (C=O) groups is 1. The first-order valence-corrected chi connectivity index (χ1v) is 5.69. The Morgan fingerprint density at radius 1 is 1.33 bits per heavy atom. The molecule has 2 atom stereocenters. The Balaban J connectivity index is 2.27. The molecule has 1 aliphatic heterocycles. The van der Waals surface area contributed by atoms with E-state index in [0.29, 0.717) is 6.04 Å². The summed E-state index contributed by atoms with van der Waals surface area (Å²) >= 11 is 0. The highest BCUT2D eigenvalue weighted by molar-refractivity contribution is 5.75. The summed E-state index contributed by atoms with van der Waals surface area (Å²) in [5.74, 6) is 0. The van der Waals surface area contributed by atoms with Gasteiger partial charge in [-0.1, -0.05) is 0 Å². The van der Waals surface area contributed by atoms with E-state index in [9.17, 15) is 4.79 Å². The van der Waals surface area contributed by atoms with Crippen molar-refractivity contribution in [2.45, 2.75) is 58.2 Å². The minimum atomic E-state index is -0.167. The summed E-state index contributed by atoms with van der Waals surface area (Å²) in [6, 6.07) is 0.779. The molecule has 4 heteroatoms. The van der Waals surface area contributed by atoms with E-state index >= 15 is 0 Å². The van der Waals surface area contributed by atoms with Gasteiger partial charge in [0.05, 0.1) is 0 Å². The number of rotatable bonds is 1. The second-order valence-corrected chi connectivity index (χ2v) is 5.43. The van der Waals surface area contributed by atoms with Crippen LogP contribution in [0.25, 0.3) is 0 Å². The fourth-order valence-electron chi connectivity index (χ4n) is 1.68. The maximum atomic E-state index is 11.6. The molecule has 1 heterocycles. The summed E-state index contributed by atoms with van der Waals surface area (Å²) in [6.07, 6.45) is 2.19. The Kier molecular flexibility index (Phi) is 3.97. The lowest BCUT2D eigenvalue weighted by molar-refractivity contribution is 0.223. The third-order valence-electron chi connectivity index (χ3n) is 2.48. The van der Waals surface area contributed by atoms with Crippen molar-refractivity contribution in [3.63, 3.8) is 0 Å². The molecule has 0 radical (unpaired) electrons. The van der Waals surface area contributed by atoms with E-state index < -0.39 is 0 Å². The lowest BCUT2D eigenvalue weighted by Gasteiger charge is -2.30. The maximum Gasteiger partial charge on any atom is 0.315 e. The Hall–Kier alpha value is -0.770. The first-order chi connectivity index (χ1) is 6.87. The van der Waals surface area contributed by atoms with Crippen molar-refractivity contribution in [2.24, 2.45) is 0 Å². The van der Waals surface area contributed by atoms with Crippen molar-refractivity contribution in [3.8, 4) is 0 Å². The Labute approximate surface area is 92.2 Å². The molecule has 3 N–H and O–H groups in total. The van der Waals surface area contributed by atoms with Crippen molar-refractivity contribution in [1.29, 1.82) is 0 Å². The monoisotopic (exact) mass is 213 g/mol. The average Bonchev–Trinajstić information content (AvgIpc) is 2.05. The van der Waals surface area contributed by atoms with Gasteiger partial charge < -0.3 is 16.0 Å². The standard InChI is InChI=1S/C11H23N3O/c1-8-5-6-9(7-12-8)13-10(15)14-11(2,3)4/h8-9,12H,5-7H2,1-4H3,(H2,13,14,15). The molecule has 15 heavy (non-hydrogen) atoms. The number of piperidine rings is 1. The van der Waals surface area contributed by atoms with Gasteiger partial charge in [-0.3, -0.25) is 0 Å². The molecule has 0 saturated carbocycles. The van der Waals surface area contributed by atoms with E-state index in [1.54, 1.807) is 0 Å². The Morgan fingerprint density at radius 3 is 2.47 bits per heavy atom. The van der Waals surface area contributed by atoms with Crippen molar-refractivity contribution in [3.05, 3.63) is 0 Å². The summed E-state index contributed by atoms with van der Waals surface area (Å²) in [5.41, 5.74) is -0.167. The van der Waals surface area contributed by atoms with Crippen molar-refractivity contribution in [2.75, 3.05) is 6.54 Å². The normalized spacial score (nSPS) is 27.2. The number of urea groups is 1. The Morgan fingerprint density at radius 2 is 2.00 bits per heavy atom. The Bertz CT molecular complexity index is 214. The highest BCUT2D eigenvalue weighted by Gasteiger charge is 2.20. The van der Waals surface area contributed by atoms with Gasteiger partial charge in [0.1, 0.15) is 0 Å². The molecule has 2 amide bonds. The average molecular weight is 213 g/mol. The van der Waals surface area contributed by atoms with Crippen LogP contribution in [0.4, 0.5) is 4.79 Å². The topological polar surface area (TPSA) is 53.2 Å². The second kappa shape index (κ2) is 4.84. The fraction of sp³-hybridized carbons (Fsp3) is 0.909. The summed E-state index contributed by atoms with van der Waals surface area (Å²) in [4.78, 5) is 11.6. The smallest absolute Gasteiger partial charge is 0.315 e. The molecule has 0 aromatic carbocycles. The van der Waals surface area contributed by atoms with Crippen LogP contribution in [0.5, 0.6) is 0 Å². The highest BCUT2D eigenvalue weighted by atomic mass is 16.2. The van der Waals surface area contributed by atoms with Gasteiger partial charge in [-0.05, 0) is 40.5 Å². The van der Waals surface area contributed by atoms with Crippen LogP contribution < -0.4 is 16.0 Å². The van der Waals surface area contributed by atoms with Gasteiger partial charge in [0.15, 0.2) is 0 Å². The third kappa shape index (κ3) is 5.02. The molecular formula is C11H23N3O. The van der Waals surface area contributed by atoms with Gasteiger partial charge in [-0.15, -0.1) is 0 Å². The largest absolute Gasteiger partial charge is 0.334 e. The molecule has 1 fully saturated rings. The zero-order valence-corrected chi connectivity index (χ0v) is 10.2. The van der Waals surface area contributed by atoms with Gasteiger partial charge in [0, 0.05) is 24.2 Å². The minimum absolute atomic E-state index is 0.0659. The maximum absolute atomic E-state index is 11.6. The molecule has 2 unspecified atom stereocenters. The fourth-order valence-corrected chi connectivity index (χ4v) is 1.68. The molecule has 0 aliphatic carbocycles. The molecule has 88 valence electrons. The summed E-state index contributed by atoms with van der Waals surface area (Å²) in [7, 11) is 0. The first-order valence-electron chi connectivity index (χ1n) is 5.69. The van der Waals surface area contributed by atoms with Gasteiger partial charge in [0.25, 0.3) is 0 Å². The molecule has 0 spiro atoms. The molecular weight excluding hydrogens is 190 g/mol. The van der Waals surface area contributed by atoms with Crippen LogP contribution in [0.1, 0.15) is 40.5 Å². The van der Waals surface area contributed by atoms with Crippen molar-refractivity contribution < 1.29 is 4.79 Å². The van der Waals surface area contributed by atoms with Gasteiger partial charge in [-0.25, -0.2) is 4.79 Å². The zero-order valence-electron chi connectivity index (χ0n) is 10.2. The highest BCUT2D eigenvalue weighted by Crippen LogP contribution is 2.07. The van der Waals surface area contributed by atoms with E-state index in [2.05, 4.69) is 22.9 Å². The molecule has 0 aromatic rings. The van der Waals surface area contributed by atoms with Crippen LogP contribution in [-0.2, 0) is 0 Å². The van der Waals surface area contributed by atoms with Crippen LogP contribution >= 0.6 is 0 Å². The third-order valence-corrected chi connectivity index (χ3v) is 2.48. The number of hydrogen-bond acceptors (Lipinski definition) is 2. The first kappa shape index (κ1) is 12.3. The van der Waals surface area contributed by atoms with E-state index in [4.69, 9.17) is 0 Å². The predicted octanol–water partition coefficient (Wildman–Crippen LogP) is 1.22. The number of carbonyl (C=O) groups excluding carboxylic acids is 1. The molecule has 1 aliphatic rings. The molecule has 0 bridgehead atoms. The summed E-state index contributed by atoms with van der Waals surface area (Å²) in [5, 5.41) is 9.24. The van der Waals surface area contributed by atoms with Crippen LogP contribution in [0.15, 0.2) is 0 Å². The number of nitrogens with one attached hydrogen (secondary N) is 3. The van der Waals surface area contributed by atoms with Gasteiger partial charge >= 0.3 is 6.03 Å². The molecule has 1 saturated heterocycles. The van der Waals surface area contributed by atoms with Gasteiger partial charge in [-0.2, -0.15) is 0 Å². The summed E-state index contributed by atoms with van der Waals surface area (Å²) in [6.45, 7) is 8.99. The zero-order chi connectivity index (χ0) is 11.5. The van der Waals surface area contributed by atoms with E-state index in [0.717, 1.165) is 19.4 Å².